The molecule has 2 aromatic carbocycles. The van der Waals surface area contributed by atoms with Gasteiger partial charge >= 0.3 is 0 Å². The Kier molecular flexibility index (Phi) is 6.49. The second-order valence-electron chi connectivity index (χ2n) is 7.72. The van der Waals surface area contributed by atoms with E-state index < -0.39 is 5.25 Å². The molecule has 0 bridgehead atoms. The molecule has 4 rings (SSSR count). The number of para-hydroxylation sites is 1. The number of anilines is 1. The molecule has 1 unspecified atom stereocenters. The highest BCUT2D eigenvalue weighted by Crippen LogP contribution is 2.31. The van der Waals surface area contributed by atoms with E-state index >= 15 is 0 Å². The van der Waals surface area contributed by atoms with E-state index in [9.17, 15) is 14.4 Å². The number of rotatable bonds is 6. The number of nitrogens with zero attached hydrogens (tertiary/aromatic N) is 2. The van der Waals surface area contributed by atoms with E-state index in [0.29, 0.717) is 32.3 Å². The summed E-state index contributed by atoms with van der Waals surface area (Å²) in [5, 5.41) is 3.44. The van der Waals surface area contributed by atoms with Crippen molar-refractivity contribution in [3.8, 4) is 5.69 Å². The first-order valence-electron chi connectivity index (χ1n) is 10.4. The van der Waals surface area contributed by atoms with Gasteiger partial charge < -0.3 is 5.32 Å². The number of hydrogen-bond donors (Lipinski definition) is 1. The average molecular weight is 478 g/mol. The third-order valence-electron chi connectivity index (χ3n) is 5.40. The van der Waals surface area contributed by atoms with Crippen LogP contribution in [0.5, 0.6) is 0 Å². The third-order valence-corrected chi connectivity index (χ3v) is 7.55. The molecule has 0 aliphatic carbocycles. The zero-order valence-electron chi connectivity index (χ0n) is 18.7. The molecule has 2 aromatic heterocycles. The van der Waals surface area contributed by atoms with Crippen LogP contribution in [-0.4, -0.2) is 26.5 Å². The minimum Gasteiger partial charge on any atom is -0.325 e. The number of Topliss-reactive ketones (excluding diaryl/α,β-unsaturated/α-hetero) is 1. The Morgan fingerprint density at radius 2 is 1.73 bits per heavy atom. The van der Waals surface area contributed by atoms with Crippen LogP contribution in [0.25, 0.3) is 15.9 Å². The minimum atomic E-state index is -0.515. The molecule has 33 heavy (non-hydrogen) atoms. The van der Waals surface area contributed by atoms with Crippen LogP contribution in [0.2, 0.25) is 0 Å². The molecule has 0 aliphatic rings. The van der Waals surface area contributed by atoms with Gasteiger partial charge in [0.1, 0.15) is 4.83 Å². The van der Waals surface area contributed by atoms with Crippen molar-refractivity contribution in [2.75, 3.05) is 5.32 Å². The maximum atomic E-state index is 13.5. The topological polar surface area (TPSA) is 81.1 Å². The van der Waals surface area contributed by atoms with E-state index in [1.807, 2.05) is 44.2 Å². The number of hydrogen-bond acceptors (Lipinski definition) is 6. The smallest absolute Gasteiger partial charge is 0.267 e. The highest BCUT2D eigenvalue weighted by atomic mass is 32.2. The van der Waals surface area contributed by atoms with E-state index in [0.717, 1.165) is 10.4 Å². The second-order valence-corrected chi connectivity index (χ2v) is 10.2. The number of ketones is 1. The molecule has 1 atom stereocenters. The standard InChI is InChI=1S/C25H23N3O3S2/c1-14-16(3)32-23-21(14)24(31)28(20-8-6-5-7-9-20)25(27-23)33-17(4)22(30)26-19-12-10-18(11-13-19)15(2)29/h5-13,17H,1-4H3,(H,26,30). The summed E-state index contributed by atoms with van der Waals surface area (Å²) in [5.41, 5.74) is 2.69. The van der Waals surface area contributed by atoms with Gasteiger partial charge in [-0.05, 0) is 69.7 Å². The molecule has 1 amide bonds. The Morgan fingerprint density at radius 1 is 1.06 bits per heavy atom. The van der Waals surface area contributed by atoms with Crippen molar-refractivity contribution in [1.82, 2.24) is 9.55 Å². The number of aryl methyl sites for hydroxylation is 2. The van der Waals surface area contributed by atoms with Crippen molar-refractivity contribution in [2.24, 2.45) is 0 Å². The van der Waals surface area contributed by atoms with Crippen LogP contribution in [0, 0.1) is 13.8 Å². The Bertz CT molecular complexity index is 1410. The van der Waals surface area contributed by atoms with Crippen LogP contribution >= 0.6 is 23.1 Å². The second kappa shape index (κ2) is 9.33. The van der Waals surface area contributed by atoms with Gasteiger partial charge in [-0.3, -0.25) is 19.0 Å². The third kappa shape index (κ3) is 4.62. The molecule has 0 spiro atoms. The summed E-state index contributed by atoms with van der Waals surface area (Å²) in [7, 11) is 0. The fourth-order valence-electron chi connectivity index (χ4n) is 3.40. The van der Waals surface area contributed by atoms with Gasteiger partial charge in [0.2, 0.25) is 5.91 Å². The lowest BCUT2D eigenvalue weighted by atomic mass is 10.1. The van der Waals surface area contributed by atoms with Crippen LogP contribution < -0.4 is 10.9 Å². The average Bonchev–Trinajstić information content (AvgIpc) is 3.08. The highest BCUT2D eigenvalue weighted by molar-refractivity contribution is 8.00. The highest BCUT2D eigenvalue weighted by Gasteiger charge is 2.22. The Hall–Kier alpha value is -3.23. The Labute approximate surface area is 199 Å². The van der Waals surface area contributed by atoms with E-state index in [1.54, 1.807) is 35.8 Å². The normalized spacial score (nSPS) is 12.0. The molecule has 6 nitrogen and oxygen atoms in total. The van der Waals surface area contributed by atoms with E-state index in [4.69, 9.17) is 4.98 Å². The van der Waals surface area contributed by atoms with Gasteiger partial charge in [-0.2, -0.15) is 0 Å². The fraction of sp³-hybridized carbons (Fsp3) is 0.200. The quantitative estimate of drug-likeness (QED) is 0.229. The first-order chi connectivity index (χ1) is 15.8. The van der Waals surface area contributed by atoms with Crippen molar-refractivity contribution >= 4 is 50.7 Å². The molecule has 8 heteroatoms. The maximum absolute atomic E-state index is 13.5. The molecule has 0 fully saturated rings. The zero-order valence-corrected chi connectivity index (χ0v) is 20.3. The van der Waals surface area contributed by atoms with Crippen LogP contribution in [0.4, 0.5) is 5.69 Å². The Balaban J connectivity index is 1.68. The van der Waals surface area contributed by atoms with Crippen LogP contribution in [0.15, 0.2) is 64.5 Å². The molecule has 0 saturated carbocycles. The van der Waals surface area contributed by atoms with Crippen molar-refractivity contribution in [3.05, 3.63) is 81.0 Å². The lowest BCUT2D eigenvalue weighted by molar-refractivity contribution is -0.115. The van der Waals surface area contributed by atoms with E-state index in [2.05, 4.69) is 5.32 Å². The number of thiophene rings is 1. The van der Waals surface area contributed by atoms with Gasteiger partial charge in [0.15, 0.2) is 10.9 Å². The first-order valence-corrected chi connectivity index (χ1v) is 12.1. The lowest BCUT2D eigenvalue weighted by Crippen LogP contribution is -2.26. The van der Waals surface area contributed by atoms with Crippen LogP contribution in [0.3, 0.4) is 0 Å². The van der Waals surface area contributed by atoms with Gasteiger partial charge in [0.05, 0.1) is 16.3 Å². The number of thioether (sulfide) groups is 1. The summed E-state index contributed by atoms with van der Waals surface area (Å²) in [5.74, 6) is -0.251. The van der Waals surface area contributed by atoms with Crippen LogP contribution in [-0.2, 0) is 4.79 Å². The van der Waals surface area contributed by atoms with Crippen molar-refractivity contribution in [1.29, 1.82) is 0 Å². The van der Waals surface area contributed by atoms with Gasteiger partial charge in [-0.1, -0.05) is 30.0 Å². The predicted octanol–water partition coefficient (Wildman–Crippen LogP) is 5.39. The summed E-state index contributed by atoms with van der Waals surface area (Å²) in [6.07, 6.45) is 0. The lowest BCUT2D eigenvalue weighted by Gasteiger charge is -2.16. The summed E-state index contributed by atoms with van der Waals surface area (Å²) in [6, 6.07) is 16.1. The monoisotopic (exact) mass is 477 g/mol. The Morgan fingerprint density at radius 3 is 2.36 bits per heavy atom. The SMILES string of the molecule is CC(=O)c1ccc(NC(=O)C(C)Sc2nc3sc(C)c(C)c3c(=O)n2-c2ccccc2)cc1. The molecule has 4 aromatic rings. The number of carbonyl (C=O) groups is 2. The molecule has 168 valence electrons. The summed E-state index contributed by atoms with van der Waals surface area (Å²) >= 11 is 2.72. The minimum absolute atomic E-state index is 0.0313. The predicted molar refractivity (Wildman–Crippen MR) is 135 cm³/mol. The van der Waals surface area contributed by atoms with Crippen molar-refractivity contribution < 1.29 is 9.59 Å². The van der Waals surface area contributed by atoms with E-state index in [1.165, 1.54) is 30.0 Å². The number of aromatic nitrogens is 2. The molecular weight excluding hydrogens is 454 g/mol. The van der Waals surface area contributed by atoms with Gasteiger partial charge in [-0.15, -0.1) is 11.3 Å². The van der Waals surface area contributed by atoms with Gasteiger partial charge in [0.25, 0.3) is 5.56 Å². The van der Waals surface area contributed by atoms with Gasteiger partial charge in [0, 0.05) is 16.1 Å². The molecule has 0 radical (unpaired) electrons. The summed E-state index contributed by atoms with van der Waals surface area (Å²) in [4.78, 5) is 44.3. The number of fused-ring (bicyclic) bond motifs is 1. The van der Waals surface area contributed by atoms with Crippen LogP contribution in [0.1, 0.15) is 34.6 Å². The largest absolute Gasteiger partial charge is 0.325 e. The summed E-state index contributed by atoms with van der Waals surface area (Å²) < 4.78 is 1.58. The number of carbonyl (C=O) groups excluding carboxylic acids is 2. The molecule has 0 aliphatic heterocycles. The fourth-order valence-corrected chi connectivity index (χ4v) is 5.40. The molecule has 0 saturated heterocycles. The van der Waals surface area contributed by atoms with Crippen molar-refractivity contribution in [2.45, 2.75) is 38.1 Å². The maximum Gasteiger partial charge on any atom is 0.267 e. The number of nitrogens with one attached hydrogen (secondary N) is 1. The first kappa shape index (κ1) is 22.9. The molecule has 1 N–H and O–H groups in total. The summed E-state index contributed by atoms with van der Waals surface area (Å²) in [6.45, 7) is 7.20. The van der Waals surface area contributed by atoms with Crippen molar-refractivity contribution in [3.63, 3.8) is 0 Å². The zero-order chi connectivity index (χ0) is 23.7. The number of amides is 1. The molecular formula is C25H23N3O3S2. The molecule has 2 heterocycles. The van der Waals surface area contributed by atoms with Gasteiger partial charge in [-0.25, -0.2) is 4.98 Å². The van der Waals surface area contributed by atoms with E-state index in [-0.39, 0.29) is 17.2 Å². The number of benzene rings is 2.